The molecule has 0 saturated carbocycles. The summed E-state index contributed by atoms with van der Waals surface area (Å²) in [6, 6.07) is 5.44. The molecule has 4 nitrogen and oxygen atoms in total. The molecular weight excluding hydrogens is 332 g/mol. The molecule has 3 rings (SSSR count). The Labute approximate surface area is 133 Å². The monoisotopic (exact) mass is 352 g/mol. The number of halogens is 1. The molecule has 1 aromatic rings. The predicted molar refractivity (Wildman–Crippen MR) is 85.5 cm³/mol. The van der Waals surface area contributed by atoms with Gasteiger partial charge < -0.3 is 15.3 Å². The van der Waals surface area contributed by atoms with E-state index in [0.29, 0.717) is 17.5 Å². The summed E-state index contributed by atoms with van der Waals surface area (Å²) in [4.78, 5) is 14.8. The molecule has 21 heavy (non-hydrogen) atoms. The minimum absolute atomic E-state index is 0.0268. The van der Waals surface area contributed by atoms with E-state index in [0.717, 1.165) is 49.8 Å². The van der Waals surface area contributed by atoms with Crippen LogP contribution in [0.1, 0.15) is 36.0 Å². The SMILES string of the molecule is O=C(c1ccc(Br)cc1O)N1CCCC1C1CCNCC1. The lowest BCUT2D eigenvalue weighted by atomic mass is 9.88. The van der Waals surface area contributed by atoms with Gasteiger partial charge in [0.05, 0.1) is 5.56 Å². The number of carbonyl (C=O) groups is 1. The number of nitrogens with zero attached hydrogens (tertiary/aromatic N) is 1. The molecule has 0 aromatic heterocycles. The van der Waals surface area contributed by atoms with E-state index in [2.05, 4.69) is 21.2 Å². The third-order valence-electron chi connectivity index (χ3n) is 4.68. The Hall–Kier alpha value is -1.07. The molecule has 2 aliphatic rings. The summed E-state index contributed by atoms with van der Waals surface area (Å²) in [7, 11) is 0. The number of hydrogen-bond acceptors (Lipinski definition) is 3. The maximum atomic E-state index is 12.8. The zero-order valence-corrected chi connectivity index (χ0v) is 13.6. The summed E-state index contributed by atoms with van der Waals surface area (Å²) >= 11 is 3.31. The van der Waals surface area contributed by atoms with Crippen molar-refractivity contribution < 1.29 is 9.90 Å². The smallest absolute Gasteiger partial charge is 0.257 e. The highest BCUT2D eigenvalue weighted by atomic mass is 79.9. The number of likely N-dealkylation sites (tertiary alicyclic amines) is 1. The van der Waals surface area contributed by atoms with Crippen molar-refractivity contribution in [3.63, 3.8) is 0 Å². The Bertz CT molecular complexity index is 529. The molecule has 2 fully saturated rings. The molecule has 1 atom stereocenters. The van der Waals surface area contributed by atoms with Gasteiger partial charge in [-0.2, -0.15) is 0 Å². The summed E-state index contributed by atoms with van der Waals surface area (Å²) in [5.41, 5.74) is 0.416. The first-order chi connectivity index (χ1) is 10.2. The molecule has 2 saturated heterocycles. The van der Waals surface area contributed by atoms with E-state index in [1.807, 2.05) is 11.0 Å². The fourth-order valence-electron chi connectivity index (χ4n) is 3.60. The molecular formula is C16H21BrN2O2. The molecule has 0 bridgehead atoms. The summed E-state index contributed by atoms with van der Waals surface area (Å²) < 4.78 is 0.785. The number of phenols is 1. The van der Waals surface area contributed by atoms with E-state index < -0.39 is 0 Å². The normalized spacial score (nSPS) is 23.5. The van der Waals surface area contributed by atoms with Crippen LogP contribution in [0.3, 0.4) is 0 Å². The predicted octanol–water partition coefficient (Wildman–Crippen LogP) is 2.76. The number of piperidine rings is 1. The van der Waals surface area contributed by atoms with Crippen LogP contribution in [0.4, 0.5) is 0 Å². The van der Waals surface area contributed by atoms with Gasteiger partial charge in [-0.3, -0.25) is 4.79 Å². The molecule has 0 aliphatic carbocycles. The van der Waals surface area contributed by atoms with Crippen molar-refractivity contribution in [1.82, 2.24) is 10.2 Å². The van der Waals surface area contributed by atoms with Gasteiger partial charge in [0.1, 0.15) is 5.75 Å². The molecule has 1 unspecified atom stereocenters. The molecule has 1 amide bonds. The van der Waals surface area contributed by atoms with Crippen LogP contribution in [0.25, 0.3) is 0 Å². The van der Waals surface area contributed by atoms with Crippen LogP contribution in [0.2, 0.25) is 0 Å². The first kappa shape index (κ1) is 14.9. The van der Waals surface area contributed by atoms with E-state index in [9.17, 15) is 9.90 Å². The molecule has 114 valence electrons. The number of hydrogen-bond donors (Lipinski definition) is 2. The minimum atomic E-state index is -0.0268. The van der Waals surface area contributed by atoms with Crippen LogP contribution >= 0.6 is 15.9 Å². The number of rotatable bonds is 2. The zero-order valence-electron chi connectivity index (χ0n) is 12.0. The third kappa shape index (κ3) is 3.09. The van der Waals surface area contributed by atoms with E-state index >= 15 is 0 Å². The number of phenolic OH excluding ortho intramolecular Hbond substituents is 1. The molecule has 2 N–H and O–H groups in total. The lowest BCUT2D eigenvalue weighted by Gasteiger charge is -2.34. The third-order valence-corrected chi connectivity index (χ3v) is 5.17. The fraction of sp³-hybridized carbons (Fsp3) is 0.562. The van der Waals surface area contributed by atoms with Crippen molar-refractivity contribution in [2.45, 2.75) is 31.7 Å². The summed E-state index contributed by atoms with van der Waals surface area (Å²) in [6.07, 6.45) is 4.44. The lowest BCUT2D eigenvalue weighted by Crippen LogP contribution is -2.43. The Morgan fingerprint density at radius 1 is 1.29 bits per heavy atom. The van der Waals surface area contributed by atoms with Crippen molar-refractivity contribution in [1.29, 1.82) is 0 Å². The number of amides is 1. The van der Waals surface area contributed by atoms with Crippen LogP contribution in [0.5, 0.6) is 5.75 Å². The highest BCUT2D eigenvalue weighted by Crippen LogP contribution is 2.32. The second-order valence-electron chi connectivity index (χ2n) is 5.96. The van der Waals surface area contributed by atoms with Crippen molar-refractivity contribution in [3.8, 4) is 5.75 Å². The topological polar surface area (TPSA) is 52.6 Å². The fourth-order valence-corrected chi connectivity index (χ4v) is 3.95. The Balaban J connectivity index is 1.79. The van der Waals surface area contributed by atoms with Crippen LogP contribution in [0, 0.1) is 5.92 Å². The standard InChI is InChI=1S/C16H21BrN2O2/c17-12-3-4-13(15(20)10-12)16(21)19-9-1-2-14(19)11-5-7-18-8-6-11/h3-4,10-11,14,18,20H,1-2,5-9H2. The summed E-state index contributed by atoms with van der Waals surface area (Å²) in [6.45, 7) is 2.91. The number of benzene rings is 1. The number of nitrogens with one attached hydrogen (secondary N) is 1. The summed E-state index contributed by atoms with van der Waals surface area (Å²) in [5, 5.41) is 13.4. The van der Waals surface area contributed by atoms with Crippen molar-refractivity contribution in [3.05, 3.63) is 28.2 Å². The molecule has 5 heteroatoms. The highest BCUT2D eigenvalue weighted by Gasteiger charge is 2.36. The van der Waals surface area contributed by atoms with E-state index in [-0.39, 0.29) is 11.7 Å². The van der Waals surface area contributed by atoms with Crippen molar-refractivity contribution >= 4 is 21.8 Å². The number of carbonyl (C=O) groups excluding carboxylic acids is 1. The first-order valence-corrected chi connectivity index (χ1v) is 8.46. The van der Waals surface area contributed by atoms with Crippen molar-refractivity contribution in [2.75, 3.05) is 19.6 Å². The van der Waals surface area contributed by atoms with E-state index in [1.165, 1.54) is 0 Å². The zero-order chi connectivity index (χ0) is 14.8. The van der Waals surface area contributed by atoms with E-state index in [4.69, 9.17) is 0 Å². The second-order valence-corrected chi connectivity index (χ2v) is 6.87. The largest absolute Gasteiger partial charge is 0.507 e. The van der Waals surface area contributed by atoms with Gasteiger partial charge in [-0.15, -0.1) is 0 Å². The van der Waals surface area contributed by atoms with Gasteiger partial charge in [-0.05, 0) is 62.9 Å². The average Bonchev–Trinajstić information content (AvgIpc) is 2.97. The van der Waals surface area contributed by atoms with Crippen LogP contribution in [-0.2, 0) is 0 Å². The van der Waals surface area contributed by atoms with Crippen LogP contribution < -0.4 is 5.32 Å². The van der Waals surface area contributed by atoms with Crippen LogP contribution in [0.15, 0.2) is 22.7 Å². The van der Waals surface area contributed by atoms with Crippen molar-refractivity contribution in [2.24, 2.45) is 5.92 Å². The molecule has 2 heterocycles. The maximum Gasteiger partial charge on any atom is 0.257 e. The summed E-state index contributed by atoms with van der Waals surface area (Å²) in [5.74, 6) is 0.627. The minimum Gasteiger partial charge on any atom is -0.507 e. The molecule has 0 radical (unpaired) electrons. The Kier molecular flexibility index (Phi) is 4.50. The van der Waals surface area contributed by atoms with E-state index in [1.54, 1.807) is 12.1 Å². The average molecular weight is 353 g/mol. The maximum absolute atomic E-state index is 12.8. The number of aromatic hydroxyl groups is 1. The van der Waals surface area contributed by atoms with Gasteiger partial charge >= 0.3 is 0 Å². The van der Waals surface area contributed by atoms with Crippen LogP contribution in [-0.4, -0.2) is 41.6 Å². The van der Waals surface area contributed by atoms with Gasteiger partial charge in [-0.25, -0.2) is 0 Å². The van der Waals surface area contributed by atoms with Gasteiger partial charge in [0.25, 0.3) is 5.91 Å². The first-order valence-electron chi connectivity index (χ1n) is 7.67. The van der Waals surface area contributed by atoms with Gasteiger partial charge in [-0.1, -0.05) is 15.9 Å². The Morgan fingerprint density at radius 3 is 2.76 bits per heavy atom. The van der Waals surface area contributed by atoms with Gasteiger partial charge in [0, 0.05) is 17.1 Å². The van der Waals surface area contributed by atoms with Gasteiger partial charge in [0.15, 0.2) is 0 Å². The quantitative estimate of drug-likeness (QED) is 0.860. The highest BCUT2D eigenvalue weighted by molar-refractivity contribution is 9.10. The second kappa shape index (κ2) is 6.36. The molecule has 1 aromatic carbocycles. The lowest BCUT2D eigenvalue weighted by molar-refractivity contribution is 0.0663. The molecule has 0 spiro atoms. The Morgan fingerprint density at radius 2 is 2.05 bits per heavy atom. The van der Waals surface area contributed by atoms with Gasteiger partial charge in [0.2, 0.25) is 0 Å². The molecule has 2 aliphatic heterocycles.